The number of hydrogen-bond acceptors (Lipinski definition) is 3. The molecule has 0 aliphatic carbocycles. The van der Waals surface area contributed by atoms with Gasteiger partial charge in [0.25, 0.3) is 0 Å². The number of aryl methyl sites for hydroxylation is 5. The van der Waals surface area contributed by atoms with Crippen molar-refractivity contribution in [2.24, 2.45) is 4.99 Å². The predicted molar refractivity (Wildman–Crippen MR) is 129 cm³/mol. The summed E-state index contributed by atoms with van der Waals surface area (Å²) in [5, 5.41) is 0. The summed E-state index contributed by atoms with van der Waals surface area (Å²) >= 11 is 0. The van der Waals surface area contributed by atoms with E-state index in [1.54, 1.807) is 12.4 Å². The molecular weight excluding hydrogens is 380 g/mol. The molecule has 31 heavy (non-hydrogen) atoms. The number of aromatic nitrogens is 3. The first-order valence-electron chi connectivity index (χ1n) is 10.4. The van der Waals surface area contributed by atoms with Gasteiger partial charge in [0.1, 0.15) is 5.82 Å². The van der Waals surface area contributed by atoms with E-state index in [1.807, 2.05) is 25.3 Å². The van der Waals surface area contributed by atoms with Gasteiger partial charge in [-0.15, -0.1) is 0 Å². The summed E-state index contributed by atoms with van der Waals surface area (Å²) < 4.78 is 2.20. The van der Waals surface area contributed by atoms with Gasteiger partial charge in [-0.05, 0) is 94.8 Å². The van der Waals surface area contributed by atoms with Crippen LogP contribution in [0, 0.1) is 32.6 Å². The molecule has 0 saturated carbocycles. The first-order chi connectivity index (χ1) is 15.0. The molecule has 3 aromatic rings. The van der Waals surface area contributed by atoms with Gasteiger partial charge >= 0.3 is 0 Å². The standard InChI is InChI=1S/C27H28N4/c1-6-7-23(17-28-5)10-11-24-16-25(19-29-18-24)12-13-26-14-20(2)15-27(30-26)31-21(3)8-9-22(31)4/h6-9,14-19H,5,12-13H2,1-4H3/b7-6-,23-17+. The van der Waals surface area contributed by atoms with E-state index >= 15 is 0 Å². The van der Waals surface area contributed by atoms with Gasteiger partial charge in [0.15, 0.2) is 0 Å². The van der Waals surface area contributed by atoms with Crippen molar-refractivity contribution in [2.45, 2.75) is 40.5 Å². The highest BCUT2D eigenvalue weighted by molar-refractivity contribution is 5.46. The Hall–Kier alpha value is -3.71. The van der Waals surface area contributed by atoms with Gasteiger partial charge in [0.05, 0.1) is 0 Å². The molecule has 4 nitrogen and oxygen atoms in total. The van der Waals surface area contributed by atoms with E-state index < -0.39 is 0 Å². The maximum Gasteiger partial charge on any atom is 0.137 e. The molecule has 0 saturated heterocycles. The summed E-state index contributed by atoms with van der Waals surface area (Å²) in [5.41, 5.74) is 7.51. The van der Waals surface area contributed by atoms with Gasteiger partial charge in [0, 0.05) is 46.8 Å². The molecule has 3 rings (SSSR count). The van der Waals surface area contributed by atoms with Crippen molar-refractivity contribution < 1.29 is 0 Å². The minimum atomic E-state index is 0.815. The normalized spacial score (nSPS) is 11.4. The molecule has 4 heteroatoms. The van der Waals surface area contributed by atoms with Crippen molar-refractivity contribution in [1.29, 1.82) is 0 Å². The second-order valence-electron chi connectivity index (χ2n) is 7.54. The van der Waals surface area contributed by atoms with E-state index in [4.69, 9.17) is 4.98 Å². The van der Waals surface area contributed by atoms with Crippen molar-refractivity contribution in [3.8, 4) is 17.7 Å². The van der Waals surface area contributed by atoms with Crippen LogP contribution in [-0.2, 0) is 12.8 Å². The van der Waals surface area contributed by atoms with E-state index in [9.17, 15) is 0 Å². The second kappa shape index (κ2) is 10.4. The summed E-state index contributed by atoms with van der Waals surface area (Å²) in [6.45, 7) is 11.8. The Morgan fingerprint density at radius 3 is 2.58 bits per heavy atom. The van der Waals surface area contributed by atoms with Crippen molar-refractivity contribution in [3.63, 3.8) is 0 Å². The van der Waals surface area contributed by atoms with Crippen LogP contribution in [0.1, 0.15) is 40.7 Å². The SMILES string of the molecule is C=N/C=C(C#Cc1cncc(CCc2cc(C)cc(-n3c(C)ccc3C)n2)c1)\C=C/C. The van der Waals surface area contributed by atoms with E-state index in [0.29, 0.717) is 0 Å². The largest absolute Gasteiger partial charge is 0.303 e. The second-order valence-corrected chi connectivity index (χ2v) is 7.54. The number of allylic oxidation sites excluding steroid dienone is 3. The van der Waals surface area contributed by atoms with Gasteiger partial charge in [-0.2, -0.15) is 0 Å². The van der Waals surface area contributed by atoms with Crippen molar-refractivity contribution >= 4 is 6.72 Å². The smallest absolute Gasteiger partial charge is 0.137 e. The van der Waals surface area contributed by atoms with Crippen LogP contribution in [0.5, 0.6) is 0 Å². The predicted octanol–water partition coefficient (Wildman–Crippen LogP) is 5.49. The van der Waals surface area contributed by atoms with E-state index in [-0.39, 0.29) is 0 Å². The summed E-state index contributed by atoms with van der Waals surface area (Å²) in [6.07, 6.45) is 10.9. The fourth-order valence-corrected chi connectivity index (χ4v) is 3.50. The molecule has 0 N–H and O–H groups in total. The molecule has 0 aliphatic rings. The molecule has 0 unspecified atom stereocenters. The van der Waals surface area contributed by atoms with Crippen LogP contribution in [0.15, 0.2) is 71.6 Å². The zero-order valence-corrected chi connectivity index (χ0v) is 18.7. The molecule has 0 atom stereocenters. The molecule has 0 spiro atoms. The van der Waals surface area contributed by atoms with Crippen molar-refractivity contribution in [3.05, 3.63) is 100 Å². The van der Waals surface area contributed by atoms with Gasteiger partial charge in [0.2, 0.25) is 0 Å². The van der Waals surface area contributed by atoms with Crippen LogP contribution in [0.25, 0.3) is 5.82 Å². The fraction of sp³-hybridized carbons (Fsp3) is 0.222. The molecule has 0 radical (unpaired) electrons. The quantitative estimate of drug-likeness (QED) is 0.307. The van der Waals surface area contributed by atoms with Crippen LogP contribution in [0.2, 0.25) is 0 Å². The fourth-order valence-electron chi connectivity index (χ4n) is 3.50. The van der Waals surface area contributed by atoms with Gasteiger partial charge in [-0.3, -0.25) is 9.98 Å². The van der Waals surface area contributed by atoms with Crippen LogP contribution >= 0.6 is 0 Å². The number of rotatable bonds is 6. The van der Waals surface area contributed by atoms with Crippen molar-refractivity contribution in [1.82, 2.24) is 14.5 Å². The molecule has 0 aromatic carbocycles. The Bertz CT molecular complexity index is 1180. The van der Waals surface area contributed by atoms with E-state index in [1.165, 1.54) is 17.0 Å². The number of nitrogens with zero attached hydrogens (tertiary/aromatic N) is 4. The van der Waals surface area contributed by atoms with Gasteiger partial charge in [-0.1, -0.05) is 17.9 Å². The lowest BCUT2D eigenvalue weighted by Crippen LogP contribution is -2.05. The van der Waals surface area contributed by atoms with Crippen molar-refractivity contribution in [2.75, 3.05) is 0 Å². The summed E-state index contributed by atoms with van der Waals surface area (Å²) in [6, 6.07) is 10.6. The Balaban J connectivity index is 1.78. The zero-order valence-electron chi connectivity index (χ0n) is 18.7. The molecule has 3 aromatic heterocycles. The zero-order chi connectivity index (χ0) is 22.2. The van der Waals surface area contributed by atoms with E-state index in [2.05, 4.69) is 84.2 Å². The molecule has 156 valence electrons. The summed E-state index contributed by atoms with van der Waals surface area (Å²) in [7, 11) is 0. The third-order valence-electron chi connectivity index (χ3n) is 4.90. The molecule has 0 aliphatic heterocycles. The van der Waals surface area contributed by atoms with Crippen LogP contribution in [-0.4, -0.2) is 21.3 Å². The molecular formula is C27H28N4. The highest BCUT2D eigenvalue weighted by atomic mass is 15.1. The number of hydrogen-bond donors (Lipinski definition) is 0. The molecule has 3 heterocycles. The van der Waals surface area contributed by atoms with Gasteiger partial charge in [-0.25, -0.2) is 4.98 Å². The highest BCUT2D eigenvalue weighted by Crippen LogP contribution is 2.17. The Labute approximate surface area is 185 Å². The monoisotopic (exact) mass is 408 g/mol. The number of aliphatic imine (C=N–C) groups is 1. The van der Waals surface area contributed by atoms with Crippen LogP contribution in [0.3, 0.4) is 0 Å². The maximum atomic E-state index is 4.92. The third kappa shape index (κ3) is 5.90. The third-order valence-corrected chi connectivity index (χ3v) is 4.90. The first-order valence-corrected chi connectivity index (χ1v) is 10.4. The average Bonchev–Trinajstić information content (AvgIpc) is 3.09. The van der Waals surface area contributed by atoms with E-state index in [0.717, 1.165) is 41.1 Å². The minimum absolute atomic E-state index is 0.815. The van der Waals surface area contributed by atoms with Crippen LogP contribution < -0.4 is 0 Å². The Morgan fingerprint density at radius 1 is 1.10 bits per heavy atom. The Kier molecular flexibility index (Phi) is 7.35. The van der Waals surface area contributed by atoms with Crippen LogP contribution in [0.4, 0.5) is 0 Å². The lowest BCUT2D eigenvalue weighted by Gasteiger charge is -2.12. The number of pyridine rings is 2. The minimum Gasteiger partial charge on any atom is -0.303 e. The summed E-state index contributed by atoms with van der Waals surface area (Å²) in [5.74, 6) is 7.26. The Morgan fingerprint density at radius 2 is 1.87 bits per heavy atom. The maximum absolute atomic E-state index is 4.92. The molecule has 0 bridgehead atoms. The molecule has 0 fully saturated rings. The first kappa shape index (κ1) is 22.0. The summed E-state index contributed by atoms with van der Waals surface area (Å²) in [4.78, 5) is 13.1. The average molecular weight is 409 g/mol. The van der Waals surface area contributed by atoms with Gasteiger partial charge < -0.3 is 4.57 Å². The highest BCUT2D eigenvalue weighted by Gasteiger charge is 2.08. The molecule has 0 amide bonds. The lowest BCUT2D eigenvalue weighted by molar-refractivity contribution is 0.859. The lowest BCUT2D eigenvalue weighted by atomic mass is 10.1. The topological polar surface area (TPSA) is 43.1 Å².